The second-order valence-corrected chi connectivity index (χ2v) is 3.99. The molecule has 104 valence electrons. The van der Waals surface area contributed by atoms with Crippen molar-refractivity contribution in [1.29, 1.82) is 0 Å². The Morgan fingerprint density at radius 2 is 2.21 bits per heavy atom. The largest absolute Gasteiger partial charge is 0.399 e. The van der Waals surface area contributed by atoms with Gasteiger partial charge in [0.2, 0.25) is 0 Å². The third kappa shape index (κ3) is 4.55. The Bertz CT molecular complexity index is 462. The van der Waals surface area contributed by atoms with E-state index < -0.39 is 10.8 Å². The minimum absolute atomic E-state index is 0.0169. The number of amides is 1. The summed E-state index contributed by atoms with van der Waals surface area (Å²) in [5.41, 5.74) is 5.59. The molecule has 7 nitrogen and oxygen atoms in total. The van der Waals surface area contributed by atoms with E-state index in [1.165, 1.54) is 18.2 Å². The molecule has 0 unspecified atom stereocenters. The van der Waals surface area contributed by atoms with Crippen LogP contribution < -0.4 is 11.1 Å². The first-order valence-electron chi connectivity index (χ1n) is 5.87. The molecule has 1 aromatic carbocycles. The minimum atomic E-state index is -0.598. The van der Waals surface area contributed by atoms with Crippen molar-refractivity contribution in [2.45, 2.75) is 12.8 Å². The van der Waals surface area contributed by atoms with Gasteiger partial charge in [0.1, 0.15) is 5.56 Å². The molecule has 0 spiro atoms. The number of carbonyl (C=O) groups excluding carboxylic acids is 1. The van der Waals surface area contributed by atoms with Crippen LogP contribution in [0.3, 0.4) is 0 Å². The summed E-state index contributed by atoms with van der Waals surface area (Å²) in [6.45, 7) is 1.06. The summed E-state index contributed by atoms with van der Waals surface area (Å²) in [6, 6.07) is 3.94. The molecule has 0 aliphatic carbocycles. The molecule has 1 rings (SSSR count). The fraction of sp³-hybridized carbons (Fsp3) is 0.417. The van der Waals surface area contributed by atoms with E-state index in [0.29, 0.717) is 18.8 Å². The van der Waals surface area contributed by atoms with Gasteiger partial charge in [0.25, 0.3) is 11.6 Å². The SMILES string of the molecule is COCCCCNC(=O)c1cc(N)ccc1[N+](=O)[O-]. The van der Waals surface area contributed by atoms with E-state index in [1.807, 2.05) is 0 Å². The van der Waals surface area contributed by atoms with Crippen molar-refractivity contribution in [2.24, 2.45) is 0 Å². The first-order valence-corrected chi connectivity index (χ1v) is 5.87. The highest BCUT2D eigenvalue weighted by Crippen LogP contribution is 2.20. The fourth-order valence-corrected chi connectivity index (χ4v) is 1.56. The Kier molecular flexibility index (Phi) is 5.74. The highest BCUT2D eigenvalue weighted by atomic mass is 16.6. The van der Waals surface area contributed by atoms with E-state index in [4.69, 9.17) is 10.5 Å². The van der Waals surface area contributed by atoms with Crippen LogP contribution in [-0.4, -0.2) is 31.1 Å². The average Bonchev–Trinajstić information content (AvgIpc) is 2.37. The smallest absolute Gasteiger partial charge is 0.282 e. The molecule has 1 amide bonds. The first kappa shape index (κ1) is 14.9. The molecule has 0 bridgehead atoms. The van der Waals surface area contributed by atoms with Crippen LogP contribution in [-0.2, 0) is 4.74 Å². The first-order chi connectivity index (χ1) is 9.06. The van der Waals surface area contributed by atoms with E-state index in [0.717, 1.165) is 12.8 Å². The van der Waals surface area contributed by atoms with E-state index in [9.17, 15) is 14.9 Å². The number of nitro groups is 1. The van der Waals surface area contributed by atoms with E-state index in [1.54, 1.807) is 7.11 Å². The zero-order valence-corrected chi connectivity index (χ0v) is 10.7. The van der Waals surface area contributed by atoms with Gasteiger partial charge in [0.15, 0.2) is 0 Å². The molecule has 0 radical (unpaired) electrons. The van der Waals surface area contributed by atoms with Crippen LogP contribution in [0.4, 0.5) is 11.4 Å². The Labute approximate surface area is 110 Å². The predicted molar refractivity (Wildman–Crippen MR) is 71.0 cm³/mol. The van der Waals surface area contributed by atoms with Gasteiger partial charge in [-0.25, -0.2) is 0 Å². The van der Waals surface area contributed by atoms with Crippen molar-refractivity contribution in [1.82, 2.24) is 5.32 Å². The molecule has 1 aromatic rings. The van der Waals surface area contributed by atoms with E-state index in [2.05, 4.69) is 5.32 Å². The quantitative estimate of drug-likeness (QED) is 0.335. The lowest BCUT2D eigenvalue weighted by Crippen LogP contribution is -2.25. The second-order valence-electron chi connectivity index (χ2n) is 3.99. The van der Waals surface area contributed by atoms with Crippen LogP contribution in [0.1, 0.15) is 23.2 Å². The van der Waals surface area contributed by atoms with Gasteiger partial charge >= 0.3 is 0 Å². The highest BCUT2D eigenvalue weighted by molar-refractivity contribution is 5.99. The van der Waals surface area contributed by atoms with Crippen LogP contribution in [0.2, 0.25) is 0 Å². The number of nitrogens with zero attached hydrogens (tertiary/aromatic N) is 1. The topological polar surface area (TPSA) is 107 Å². The number of nitrogens with two attached hydrogens (primary N) is 1. The van der Waals surface area contributed by atoms with Crippen molar-refractivity contribution in [3.63, 3.8) is 0 Å². The number of rotatable bonds is 7. The average molecular weight is 267 g/mol. The third-order valence-electron chi connectivity index (χ3n) is 2.52. The molecular formula is C12H17N3O4. The van der Waals surface area contributed by atoms with Crippen molar-refractivity contribution < 1.29 is 14.5 Å². The number of anilines is 1. The highest BCUT2D eigenvalue weighted by Gasteiger charge is 2.19. The van der Waals surface area contributed by atoms with Crippen molar-refractivity contribution in [3.8, 4) is 0 Å². The molecule has 0 atom stereocenters. The summed E-state index contributed by atoms with van der Waals surface area (Å²) in [7, 11) is 1.61. The summed E-state index contributed by atoms with van der Waals surface area (Å²) >= 11 is 0. The van der Waals surface area contributed by atoms with Gasteiger partial charge in [-0.2, -0.15) is 0 Å². The summed E-state index contributed by atoms with van der Waals surface area (Å²) < 4.78 is 4.88. The number of nitro benzene ring substituents is 1. The fourth-order valence-electron chi connectivity index (χ4n) is 1.56. The van der Waals surface area contributed by atoms with Crippen molar-refractivity contribution in [3.05, 3.63) is 33.9 Å². The summed E-state index contributed by atoms with van der Waals surface area (Å²) in [5.74, 6) is -0.489. The number of hydrogen-bond donors (Lipinski definition) is 2. The van der Waals surface area contributed by atoms with Gasteiger partial charge in [-0.1, -0.05) is 0 Å². The lowest BCUT2D eigenvalue weighted by atomic mass is 10.1. The van der Waals surface area contributed by atoms with Gasteiger partial charge in [-0.15, -0.1) is 0 Å². The molecule has 0 aromatic heterocycles. The van der Waals surface area contributed by atoms with Crippen LogP contribution in [0, 0.1) is 10.1 Å². The van der Waals surface area contributed by atoms with E-state index >= 15 is 0 Å². The minimum Gasteiger partial charge on any atom is -0.399 e. The monoisotopic (exact) mass is 267 g/mol. The Morgan fingerprint density at radius 1 is 1.47 bits per heavy atom. The summed E-state index contributed by atoms with van der Waals surface area (Å²) in [4.78, 5) is 22.1. The van der Waals surface area contributed by atoms with Crippen LogP contribution >= 0.6 is 0 Å². The Hall–Kier alpha value is -2.15. The maximum absolute atomic E-state index is 11.9. The van der Waals surface area contributed by atoms with Crippen molar-refractivity contribution in [2.75, 3.05) is 26.0 Å². The number of nitrogen functional groups attached to an aromatic ring is 1. The number of hydrogen-bond acceptors (Lipinski definition) is 5. The normalized spacial score (nSPS) is 10.2. The van der Waals surface area contributed by atoms with Crippen molar-refractivity contribution >= 4 is 17.3 Å². The molecule has 19 heavy (non-hydrogen) atoms. The third-order valence-corrected chi connectivity index (χ3v) is 2.52. The number of benzene rings is 1. The lowest BCUT2D eigenvalue weighted by molar-refractivity contribution is -0.385. The number of carbonyl (C=O) groups is 1. The molecule has 0 aliphatic rings. The summed E-state index contributed by atoms with van der Waals surface area (Å²) in [6.07, 6.45) is 1.56. The zero-order chi connectivity index (χ0) is 14.3. The number of unbranched alkanes of at least 4 members (excludes halogenated alkanes) is 1. The number of methoxy groups -OCH3 is 1. The maximum Gasteiger partial charge on any atom is 0.282 e. The number of nitrogens with one attached hydrogen (secondary N) is 1. The van der Waals surface area contributed by atoms with Crippen LogP contribution in [0.15, 0.2) is 18.2 Å². The van der Waals surface area contributed by atoms with Gasteiger partial charge in [0.05, 0.1) is 4.92 Å². The molecule has 0 fully saturated rings. The van der Waals surface area contributed by atoms with Crippen LogP contribution in [0.5, 0.6) is 0 Å². The van der Waals surface area contributed by atoms with Gasteiger partial charge in [0, 0.05) is 32.0 Å². The molecule has 0 saturated carbocycles. The molecule has 0 heterocycles. The predicted octanol–water partition coefficient (Wildman–Crippen LogP) is 1.33. The van der Waals surface area contributed by atoms with Gasteiger partial charge in [-0.3, -0.25) is 14.9 Å². The Morgan fingerprint density at radius 3 is 2.84 bits per heavy atom. The van der Waals surface area contributed by atoms with Gasteiger partial charge < -0.3 is 15.8 Å². The van der Waals surface area contributed by atoms with E-state index in [-0.39, 0.29) is 11.3 Å². The zero-order valence-electron chi connectivity index (χ0n) is 10.7. The molecular weight excluding hydrogens is 250 g/mol. The summed E-state index contributed by atoms with van der Waals surface area (Å²) in [5, 5.41) is 13.4. The Balaban J connectivity index is 2.65. The lowest BCUT2D eigenvalue weighted by Gasteiger charge is -2.06. The second kappa shape index (κ2) is 7.32. The molecule has 0 aliphatic heterocycles. The maximum atomic E-state index is 11.9. The number of ether oxygens (including phenoxy) is 1. The molecule has 7 heteroatoms. The molecule has 0 saturated heterocycles. The molecule has 3 N–H and O–H groups in total. The standard InChI is InChI=1S/C12H17N3O4/c1-19-7-3-2-6-14-12(16)10-8-9(13)4-5-11(10)15(17)18/h4-5,8H,2-3,6-7,13H2,1H3,(H,14,16). The van der Waals surface area contributed by atoms with Gasteiger partial charge in [-0.05, 0) is 25.0 Å². The van der Waals surface area contributed by atoms with Crippen LogP contribution in [0.25, 0.3) is 0 Å².